The van der Waals surface area contributed by atoms with Crippen LogP contribution in [0.1, 0.15) is 44.4 Å². The van der Waals surface area contributed by atoms with Crippen molar-refractivity contribution in [2.45, 2.75) is 51.4 Å². The highest BCUT2D eigenvalue weighted by atomic mass is 79.9. The molecule has 1 fully saturated rings. The van der Waals surface area contributed by atoms with Gasteiger partial charge in [0.15, 0.2) is 0 Å². The Morgan fingerprint density at radius 3 is 2.58 bits per heavy atom. The molecule has 1 amide bonds. The molecule has 1 aromatic carbocycles. The molecule has 1 unspecified atom stereocenters. The van der Waals surface area contributed by atoms with Crippen LogP contribution in [0.3, 0.4) is 0 Å². The van der Waals surface area contributed by atoms with Gasteiger partial charge in [-0.15, -0.1) is 0 Å². The largest absolute Gasteiger partial charge is 0.497 e. The first-order valence-corrected chi connectivity index (χ1v) is 11.5. The van der Waals surface area contributed by atoms with Crippen LogP contribution in [-0.4, -0.2) is 59.8 Å². The smallest absolute Gasteiger partial charge is 0.410 e. The van der Waals surface area contributed by atoms with Gasteiger partial charge in [0.2, 0.25) is 0 Å². The number of benzene rings is 1. The summed E-state index contributed by atoms with van der Waals surface area (Å²) in [6.07, 6.45) is 0.245. The molecule has 0 bridgehead atoms. The molecule has 10 heteroatoms. The molecule has 9 nitrogen and oxygen atoms in total. The second-order valence-electron chi connectivity index (χ2n) is 8.90. The number of anilines is 1. The van der Waals surface area contributed by atoms with E-state index in [9.17, 15) is 10.1 Å². The van der Waals surface area contributed by atoms with Crippen molar-refractivity contribution in [1.82, 2.24) is 14.7 Å². The minimum absolute atomic E-state index is 0.144. The van der Waals surface area contributed by atoms with Crippen LogP contribution < -0.4 is 10.1 Å². The van der Waals surface area contributed by atoms with Crippen LogP contribution >= 0.6 is 15.9 Å². The third-order valence-electron chi connectivity index (χ3n) is 5.32. The SMILES string of the molecule is COC[C@@H]1CC(n2nc(Br)c(C#N)c2NCc2ccc(OC)cc2)CN1C(=O)OC(C)(C)C. The Morgan fingerprint density at radius 2 is 2.00 bits per heavy atom. The lowest BCUT2D eigenvalue weighted by atomic mass is 10.2. The summed E-state index contributed by atoms with van der Waals surface area (Å²) in [4.78, 5) is 14.5. The lowest BCUT2D eigenvalue weighted by Gasteiger charge is -2.28. The number of amides is 1. The highest BCUT2D eigenvalue weighted by molar-refractivity contribution is 9.10. The Balaban J connectivity index is 1.84. The van der Waals surface area contributed by atoms with E-state index in [0.29, 0.717) is 42.1 Å². The number of aromatic nitrogens is 2. The summed E-state index contributed by atoms with van der Waals surface area (Å²) >= 11 is 3.41. The first-order chi connectivity index (χ1) is 15.7. The zero-order valence-corrected chi connectivity index (χ0v) is 21.2. The minimum Gasteiger partial charge on any atom is -0.497 e. The number of likely N-dealkylation sites (tertiary alicyclic amines) is 1. The molecule has 0 aliphatic carbocycles. The molecule has 1 aliphatic rings. The first-order valence-electron chi connectivity index (χ1n) is 10.7. The van der Waals surface area contributed by atoms with Gasteiger partial charge in [-0.25, -0.2) is 9.48 Å². The van der Waals surface area contributed by atoms with Crippen molar-refractivity contribution < 1.29 is 19.0 Å². The molecule has 33 heavy (non-hydrogen) atoms. The summed E-state index contributed by atoms with van der Waals surface area (Å²) in [5.41, 5.74) is 0.853. The summed E-state index contributed by atoms with van der Waals surface area (Å²) in [5.74, 6) is 1.38. The van der Waals surface area contributed by atoms with Gasteiger partial charge >= 0.3 is 6.09 Å². The number of rotatable bonds is 7. The molecule has 2 heterocycles. The minimum atomic E-state index is -0.597. The molecular weight excluding hydrogens is 490 g/mol. The number of halogens is 1. The summed E-state index contributed by atoms with van der Waals surface area (Å²) in [6, 6.07) is 9.62. The van der Waals surface area contributed by atoms with Crippen LogP contribution in [0.4, 0.5) is 10.6 Å². The Kier molecular flexibility index (Phi) is 7.87. The molecular formula is C23H30BrN5O4. The molecule has 1 N–H and O–H groups in total. The number of hydrogen-bond acceptors (Lipinski definition) is 7. The standard InChI is InChI=1S/C23H30BrN5O4/c1-23(2,3)33-22(30)28-13-16(10-17(28)14-31-4)29-21(19(11-25)20(24)27-29)26-12-15-6-8-18(32-5)9-7-15/h6-9,16-17,26H,10,12-14H2,1-5H3/t16?,17-/m0/s1. The number of carbonyl (C=O) groups excluding carboxylic acids is 1. The van der Waals surface area contributed by atoms with Gasteiger partial charge in [-0.1, -0.05) is 12.1 Å². The van der Waals surface area contributed by atoms with Crippen molar-refractivity contribution in [3.63, 3.8) is 0 Å². The fourth-order valence-corrected chi connectivity index (χ4v) is 4.28. The third kappa shape index (κ3) is 5.97. The van der Waals surface area contributed by atoms with Crippen molar-refractivity contribution in [2.24, 2.45) is 0 Å². The number of carbonyl (C=O) groups is 1. The van der Waals surface area contributed by atoms with E-state index >= 15 is 0 Å². The molecule has 3 rings (SSSR count). The maximum absolute atomic E-state index is 12.8. The van der Waals surface area contributed by atoms with Crippen molar-refractivity contribution in [3.8, 4) is 11.8 Å². The van der Waals surface area contributed by atoms with E-state index < -0.39 is 5.60 Å². The van der Waals surface area contributed by atoms with E-state index in [0.717, 1.165) is 11.3 Å². The van der Waals surface area contributed by atoms with Crippen LogP contribution in [0.5, 0.6) is 5.75 Å². The zero-order valence-electron chi connectivity index (χ0n) is 19.6. The quantitative estimate of drug-likeness (QED) is 0.580. The summed E-state index contributed by atoms with van der Waals surface area (Å²) in [6.45, 7) is 6.82. The Bertz CT molecular complexity index is 1010. The van der Waals surface area contributed by atoms with Crippen molar-refractivity contribution in [3.05, 3.63) is 40.0 Å². The number of nitrogens with zero attached hydrogens (tertiary/aromatic N) is 4. The highest BCUT2D eigenvalue weighted by Gasteiger charge is 2.40. The molecule has 0 saturated carbocycles. The lowest BCUT2D eigenvalue weighted by molar-refractivity contribution is 0.0145. The second kappa shape index (κ2) is 10.4. The number of nitriles is 1. The maximum atomic E-state index is 12.8. The van der Waals surface area contributed by atoms with Crippen LogP contribution in [0.15, 0.2) is 28.9 Å². The molecule has 1 aliphatic heterocycles. The normalized spacial score (nSPS) is 18.2. The third-order valence-corrected chi connectivity index (χ3v) is 5.88. The van der Waals surface area contributed by atoms with Crippen molar-refractivity contribution in [2.75, 3.05) is 32.7 Å². The average molecular weight is 520 g/mol. The summed E-state index contributed by atoms with van der Waals surface area (Å²) in [5, 5.41) is 17.7. The van der Waals surface area contributed by atoms with Gasteiger partial charge in [-0.3, -0.25) is 0 Å². The number of hydrogen-bond donors (Lipinski definition) is 1. The van der Waals surface area contributed by atoms with Gasteiger partial charge in [0, 0.05) is 20.2 Å². The van der Waals surface area contributed by atoms with E-state index in [1.807, 2.05) is 45.0 Å². The topological polar surface area (TPSA) is 102 Å². The van der Waals surface area contributed by atoms with E-state index in [1.165, 1.54) is 0 Å². The van der Waals surface area contributed by atoms with Gasteiger partial charge in [-0.05, 0) is 60.8 Å². The van der Waals surface area contributed by atoms with Gasteiger partial charge in [0.05, 0.1) is 25.8 Å². The fraction of sp³-hybridized carbons (Fsp3) is 0.522. The number of nitrogens with one attached hydrogen (secondary N) is 1. The molecule has 178 valence electrons. The zero-order chi connectivity index (χ0) is 24.2. The Hall–Kier alpha value is -2.77. The monoisotopic (exact) mass is 519 g/mol. The molecule has 0 spiro atoms. The molecule has 2 atom stereocenters. The number of methoxy groups -OCH3 is 2. The molecule has 2 aromatic rings. The van der Waals surface area contributed by atoms with Crippen LogP contribution in [0.25, 0.3) is 0 Å². The van der Waals surface area contributed by atoms with Crippen LogP contribution in [0.2, 0.25) is 0 Å². The molecule has 1 saturated heterocycles. The van der Waals surface area contributed by atoms with E-state index in [-0.39, 0.29) is 18.2 Å². The van der Waals surface area contributed by atoms with Crippen molar-refractivity contribution in [1.29, 1.82) is 5.26 Å². The number of ether oxygens (including phenoxy) is 3. The van der Waals surface area contributed by atoms with Crippen molar-refractivity contribution >= 4 is 27.8 Å². The van der Waals surface area contributed by atoms with Gasteiger partial charge in [-0.2, -0.15) is 10.4 Å². The first kappa shape index (κ1) is 24.9. The van der Waals surface area contributed by atoms with Gasteiger partial charge in [0.25, 0.3) is 0 Å². The van der Waals surface area contributed by atoms with Gasteiger partial charge < -0.3 is 24.4 Å². The van der Waals surface area contributed by atoms with Gasteiger partial charge in [0.1, 0.15) is 33.4 Å². The Labute approximate surface area is 202 Å². The lowest BCUT2D eigenvalue weighted by Crippen LogP contribution is -2.41. The van der Waals surface area contributed by atoms with E-state index in [1.54, 1.807) is 23.8 Å². The highest BCUT2D eigenvalue weighted by Crippen LogP contribution is 2.34. The average Bonchev–Trinajstić information content (AvgIpc) is 3.32. The summed E-state index contributed by atoms with van der Waals surface area (Å²) < 4.78 is 18.4. The molecule has 0 radical (unpaired) electrons. The van der Waals surface area contributed by atoms with Crippen LogP contribution in [0, 0.1) is 11.3 Å². The summed E-state index contributed by atoms with van der Waals surface area (Å²) in [7, 11) is 3.24. The predicted molar refractivity (Wildman–Crippen MR) is 127 cm³/mol. The second-order valence-corrected chi connectivity index (χ2v) is 9.65. The fourth-order valence-electron chi connectivity index (χ4n) is 3.83. The van der Waals surface area contributed by atoms with E-state index in [2.05, 4.69) is 32.4 Å². The maximum Gasteiger partial charge on any atom is 0.410 e. The predicted octanol–water partition coefficient (Wildman–Crippen LogP) is 4.33. The van der Waals surface area contributed by atoms with E-state index in [4.69, 9.17) is 14.2 Å². The van der Waals surface area contributed by atoms with Crippen LogP contribution in [-0.2, 0) is 16.0 Å². The molecule has 1 aromatic heterocycles. The Morgan fingerprint density at radius 1 is 1.30 bits per heavy atom.